The fourth-order valence-electron chi connectivity index (χ4n) is 1.96. The molecule has 0 unspecified atom stereocenters. The van der Waals surface area contributed by atoms with Gasteiger partial charge in [-0.2, -0.15) is 15.0 Å². The summed E-state index contributed by atoms with van der Waals surface area (Å²) in [5.74, 6) is 0.601. The van der Waals surface area contributed by atoms with Gasteiger partial charge in [-0.3, -0.25) is 0 Å². The molecule has 20 heavy (non-hydrogen) atoms. The molecule has 0 bridgehead atoms. The van der Waals surface area contributed by atoms with E-state index in [1.165, 1.54) is 17.7 Å². The number of nitrogens with zero attached hydrogens (tertiary/aromatic N) is 4. The Labute approximate surface area is 126 Å². The third kappa shape index (κ3) is 3.19. The van der Waals surface area contributed by atoms with Crippen molar-refractivity contribution >= 4 is 28.9 Å². The maximum absolute atomic E-state index is 5.97. The molecular weight excluding hydrogens is 296 g/mol. The summed E-state index contributed by atoms with van der Waals surface area (Å²) in [5, 5.41) is 2.25. The first-order valence-corrected chi connectivity index (χ1v) is 7.85. The van der Waals surface area contributed by atoms with Gasteiger partial charge in [0.05, 0.1) is 13.2 Å². The quantitative estimate of drug-likeness (QED) is 0.820. The summed E-state index contributed by atoms with van der Waals surface area (Å²) in [6.45, 7) is 3.20. The molecule has 5 nitrogen and oxygen atoms in total. The highest BCUT2D eigenvalue weighted by atomic mass is 35.5. The average molecular weight is 311 g/mol. The minimum Gasteiger partial charge on any atom is -0.464 e. The minimum absolute atomic E-state index is 0.176. The average Bonchev–Trinajstić information content (AvgIpc) is 3.12. The largest absolute Gasteiger partial charge is 0.464 e. The molecule has 106 valence electrons. The summed E-state index contributed by atoms with van der Waals surface area (Å²) in [4.78, 5) is 16.1. The minimum atomic E-state index is 0.176. The van der Waals surface area contributed by atoms with Crippen LogP contribution in [0.15, 0.2) is 17.5 Å². The Morgan fingerprint density at radius 2 is 2.25 bits per heavy atom. The van der Waals surface area contributed by atoms with Crippen LogP contribution in [0.5, 0.6) is 6.01 Å². The highest BCUT2D eigenvalue weighted by molar-refractivity contribution is 7.09. The summed E-state index contributed by atoms with van der Waals surface area (Å²) < 4.78 is 5.34. The molecule has 0 aliphatic heterocycles. The second-order valence-corrected chi connectivity index (χ2v) is 5.93. The van der Waals surface area contributed by atoms with Gasteiger partial charge in [-0.1, -0.05) is 6.07 Å². The van der Waals surface area contributed by atoms with E-state index in [4.69, 9.17) is 16.3 Å². The van der Waals surface area contributed by atoms with Crippen molar-refractivity contribution in [3.63, 3.8) is 0 Å². The van der Waals surface area contributed by atoms with E-state index in [0.717, 1.165) is 6.54 Å². The van der Waals surface area contributed by atoms with Gasteiger partial charge in [-0.25, -0.2) is 0 Å². The summed E-state index contributed by atoms with van der Waals surface area (Å²) in [7, 11) is 0. The Morgan fingerprint density at radius 1 is 1.40 bits per heavy atom. The Kier molecular flexibility index (Phi) is 4.03. The van der Waals surface area contributed by atoms with Crippen molar-refractivity contribution in [2.75, 3.05) is 11.5 Å². The maximum atomic E-state index is 5.97. The van der Waals surface area contributed by atoms with Crippen LogP contribution >= 0.6 is 22.9 Å². The predicted octanol–water partition coefficient (Wildman–Crippen LogP) is 3.15. The number of thiophene rings is 1. The third-order valence-electron chi connectivity index (χ3n) is 3.00. The fraction of sp³-hybridized carbons (Fsp3) is 0.462. The van der Waals surface area contributed by atoms with E-state index in [0.29, 0.717) is 24.6 Å². The van der Waals surface area contributed by atoms with Gasteiger partial charge in [0, 0.05) is 10.9 Å². The summed E-state index contributed by atoms with van der Waals surface area (Å²) >= 11 is 7.70. The molecular formula is C13H15ClN4OS. The van der Waals surface area contributed by atoms with Gasteiger partial charge >= 0.3 is 6.01 Å². The molecule has 2 aromatic rings. The SMILES string of the molecule is CCOc1nc(Cl)nc(N(Cc2cccs2)C2CC2)n1. The molecule has 0 aromatic carbocycles. The van der Waals surface area contributed by atoms with E-state index in [9.17, 15) is 0 Å². The molecule has 1 fully saturated rings. The monoisotopic (exact) mass is 310 g/mol. The number of anilines is 1. The second-order valence-electron chi connectivity index (χ2n) is 4.56. The van der Waals surface area contributed by atoms with Crippen LogP contribution in [0.1, 0.15) is 24.6 Å². The van der Waals surface area contributed by atoms with E-state index >= 15 is 0 Å². The van der Waals surface area contributed by atoms with Crippen LogP contribution in [0.2, 0.25) is 5.28 Å². The van der Waals surface area contributed by atoms with Gasteiger partial charge in [-0.05, 0) is 42.8 Å². The molecule has 1 aliphatic rings. The van der Waals surface area contributed by atoms with Crippen LogP contribution in [0.3, 0.4) is 0 Å². The number of aromatic nitrogens is 3. The molecule has 0 amide bonds. The Bertz CT molecular complexity index is 574. The van der Waals surface area contributed by atoms with Crippen LogP contribution in [-0.4, -0.2) is 27.6 Å². The molecule has 1 saturated carbocycles. The van der Waals surface area contributed by atoms with Crippen molar-refractivity contribution in [1.29, 1.82) is 0 Å². The lowest BCUT2D eigenvalue weighted by molar-refractivity contribution is 0.311. The Hall–Kier alpha value is -1.40. The topological polar surface area (TPSA) is 51.1 Å². The van der Waals surface area contributed by atoms with Crippen molar-refractivity contribution in [3.05, 3.63) is 27.7 Å². The zero-order valence-electron chi connectivity index (χ0n) is 11.1. The second kappa shape index (κ2) is 5.93. The summed E-state index contributed by atoms with van der Waals surface area (Å²) in [6, 6.07) is 4.95. The van der Waals surface area contributed by atoms with Crippen molar-refractivity contribution < 1.29 is 4.74 Å². The third-order valence-corrected chi connectivity index (χ3v) is 4.03. The lowest BCUT2D eigenvalue weighted by Gasteiger charge is -2.21. The van der Waals surface area contributed by atoms with Crippen LogP contribution in [0.25, 0.3) is 0 Å². The van der Waals surface area contributed by atoms with Crippen LogP contribution in [0, 0.1) is 0 Å². The lowest BCUT2D eigenvalue weighted by Crippen LogP contribution is -2.27. The molecule has 3 rings (SSSR count). The summed E-state index contributed by atoms with van der Waals surface area (Å²) in [5.41, 5.74) is 0. The standard InChI is InChI=1S/C13H15ClN4OS/c1-2-19-13-16-11(14)15-12(17-13)18(9-5-6-9)8-10-4-3-7-20-10/h3-4,7,9H,2,5-6,8H2,1H3. The Morgan fingerprint density at radius 3 is 2.90 bits per heavy atom. The van der Waals surface area contributed by atoms with Crippen LogP contribution in [-0.2, 0) is 6.54 Å². The smallest absolute Gasteiger partial charge is 0.322 e. The molecule has 0 radical (unpaired) electrons. The number of rotatable bonds is 6. The first-order chi connectivity index (χ1) is 9.76. The molecule has 7 heteroatoms. The molecule has 0 spiro atoms. The number of ether oxygens (including phenoxy) is 1. The number of hydrogen-bond acceptors (Lipinski definition) is 6. The zero-order valence-corrected chi connectivity index (χ0v) is 12.7. The van der Waals surface area contributed by atoms with E-state index in [1.807, 2.05) is 6.92 Å². The first-order valence-electron chi connectivity index (χ1n) is 6.59. The molecule has 2 aromatic heterocycles. The highest BCUT2D eigenvalue weighted by Crippen LogP contribution is 2.32. The van der Waals surface area contributed by atoms with Crippen molar-refractivity contribution in [2.45, 2.75) is 32.4 Å². The normalized spacial score (nSPS) is 14.3. The van der Waals surface area contributed by atoms with Gasteiger partial charge in [0.1, 0.15) is 0 Å². The van der Waals surface area contributed by atoms with Gasteiger partial charge in [-0.15, -0.1) is 11.3 Å². The van der Waals surface area contributed by atoms with Crippen molar-refractivity contribution in [1.82, 2.24) is 15.0 Å². The van der Waals surface area contributed by atoms with Crippen molar-refractivity contribution in [2.24, 2.45) is 0 Å². The molecule has 0 atom stereocenters. The fourth-order valence-corrected chi connectivity index (χ4v) is 2.81. The molecule has 1 aliphatic carbocycles. The molecule has 0 N–H and O–H groups in total. The number of hydrogen-bond donors (Lipinski definition) is 0. The van der Waals surface area contributed by atoms with Crippen LogP contribution < -0.4 is 9.64 Å². The predicted molar refractivity (Wildman–Crippen MR) is 79.5 cm³/mol. The zero-order chi connectivity index (χ0) is 13.9. The van der Waals surface area contributed by atoms with Gasteiger partial charge in [0.25, 0.3) is 0 Å². The lowest BCUT2D eigenvalue weighted by atomic mass is 10.4. The van der Waals surface area contributed by atoms with Gasteiger partial charge < -0.3 is 9.64 Å². The van der Waals surface area contributed by atoms with E-state index in [1.54, 1.807) is 11.3 Å². The summed E-state index contributed by atoms with van der Waals surface area (Å²) in [6.07, 6.45) is 2.33. The van der Waals surface area contributed by atoms with E-state index < -0.39 is 0 Å². The van der Waals surface area contributed by atoms with E-state index in [2.05, 4.69) is 37.4 Å². The van der Waals surface area contributed by atoms with Crippen molar-refractivity contribution in [3.8, 4) is 6.01 Å². The molecule has 0 saturated heterocycles. The number of halogens is 1. The molecule has 2 heterocycles. The first kappa shape index (κ1) is 13.6. The van der Waals surface area contributed by atoms with E-state index in [-0.39, 0.29) is 5.28 Å². The van der Waals surface area contributed by atoms with Gasteiger partial charge in [0.15, 0.2) is 0 Å². The van der Waals surface area contributed by atoms with Gasteiger partial charge in [0.2, 0.25) is 11.2 Å². The Balaban J connectivity index is 1.86. The maximum Gasteiger partial charge on any atom is 0.322 e. The van der Waals surface area contributed by atoms with Crippen LogP contribution in [0.4, 0.5) is 5.95 Å². The highest BCUT2D eigenvalue weighted by Gasteiger charge is 2.31.